The molecular weight excluding hydrogens is 222 g/mol. The average Bonchev–Trinajstić information content (AvgIpc) is 2.73. The monoisotopic (exact) mass is 241 g/mol. The molecule has 6 nitrogen and oxygen atoms in total. The maximum Gasteiger partial charge on any atom is 0.357 e. The molecule has 0 radical (unpaired) electrons. The quantitative estimate of drug-likeness (QED) is 0.772. The Bertz CT molecular complexity index is 363. The molecule has 1 N–H and O–H groups in total. The molecule has 0 saturated carbocycles. The van der Waals surface area contributed by atoms with E-state index < -0.39 is 5.97 Å². The van der Waals surface area contributed by atoms with Gasteiger partial charge in [0.15, 0.2) is 5.69 Å². The summed E-state index contributed by atoms with van der Waals surface area (Å²) in [5.41, 5.74) is -0.0500. The van der Waals surface area contributed by atoms with E-state index in [4.69, 9.17) is 9.52 Å². The molecule has 1 rings (SSSR count). The molecule has 0 aliphatic rings. The number of likely N-dealkylation sites (N-methyl/N-ethyl adjacent to an activating group) is 1. The van der Waals surface area contributed by atoms with Crippen molar-refractivity contribution < 1.29 is 14.3 Å². The highest BCUT2D eigenvalue weighted by atomic mass is 16.4. The molecule has 96 valence electrons. The van der Waals surface area contributed by atoms with E-state index in [1.165, 1.54) is 6.26 Å². The second-order valence-corrected chi connectivity index (χ2v) is 4.11. The van der Waals surface area contributed by atoms with Gasteiger partial charge in [-0.05, 0) is 20.5 Å². The number of nitrogens with zero attached hydrogens (tertiary/aromatic N) is 3. The van der Waals surface area contributed by atoms with E-state index in [0.717, 1.165) is 26.1 Å². The number of aromatic carboxylic acids is 1. The second kappa shape index (κ2) is 6.24. The highest BCUT2D eigenvalue weighted by Gasteiger charge is 2.15. The summed E-state index contributed by atoms with van der Waals surface area (Å²) in [5, 5.41) is 8.78. The number of anilines is 1. The number of carbonyl (C=O) groups is 1. The zero-order chi connectivity index (χ0) is 12.8. The minimum atomic E-state index is -1.07. The molecule has 0 aliphatic carbocycles. The van der Waals surface area contributed by atoms with Gasteiger partial charge < -0.3 is 19.3 Å². The third kappa shape index (κ3) is 4.07. The molecular formula is C11H19N3O3. The van der Waals surface area contributed by atoms with Crippen LogP contribution in [0, 0.1) is 0 Å². The van der Waals surface area contributed by atoms with Crippen LogP contribution in [0.2, 0.25) is 0 Å². The summed E-state index contributed by atoms with van der Waals surface area (Å²) >= 11 is 0. The predicted octanol–water partition coefficient (Wildman–Crippen LogP) is 1.15. The summed E-state index contributed by atoms with van der Waals surface area (Å²) in [7, 11) is 3.98. The molecule has 1 aromatic heterocycles. The van der Waals surface area contributed by atoms with Crippen molar-refractivity contribution in [2.45, 2.75) is 13.3 Å². The topological polar surface area (TPSA) is 69.8 Å². The molecule has 1 heterocycles. The molecule has 6 heteroatoms. The van der Waals surface area contributed by atoms with Gasteiger partial charge in [0.25, 0.3) is 6.01 Å². The lowest BCUT2D eigenvalue weighted by molar-refractivity contribution is 0.0690. The molecule has 1 aromatic rings. The highest BCUT2D eigenvalue weighted by Crippen LogP contribution is 2.13. The van der Waals surface area contributed by atoms with Crippen LogP contribution < -0.4 is 4.90 Å². The minimum absolute atomic E-state index is 0.0500. The highest BCUT2D eigenvalue weighted by molar-refractivity contribution is 5.85. The number of carboxylic acids is 1. The lowest BCUT2D eigenvalue weighted by Crippen LogP contribution is -2.32. The summed E-state index contributed by atoms with van der Waals surface area (Å²) in [6, 6.07) is 0.381. The first-order valence-electron chi connectivity index (χ1n) is 5.63. The Balaban J connectivity index is 2.70. The van der Waals surface area contributed by atoms with Gasteiger partial charge in [-0.3, -0.25) is 0 Å². The summed E-state index contributed by atoms with van der Waals surface area (Å²) in [5.74, 6) is -1.07. The molecule has 0 amide bonds. The van der Waals surface area contributed by atoms with Crippen LogP contribution in [0.5, 0.6) is 0 Å². The lowest BCUT2D eigenvalue weighted by atomic mass is 10.4. The van der Waals surface area contributed by atoms with Crippen LogP contribution in [0.1, 0.15) is 23.8 Å². The minimum Gasteiger partial charge on any atom is -0.476 e. The number of carboxylic acid groups (broad SMARTS) is 1. The molecule has 0 atom stereocenters. The molecule has 0 aliphatic heterocycles. The van der Waals surface area contributed by atoms with Crippen LogP contribution in [0.4, 0.5) is 6.01 Å². The summed E-state index contributed by atoms with van der Waals surface area (Å²) < 4.78 is 5.19. The van der Waals surface area contributed by atoms with Gasteiger partial charge in [0.2, 0.25) is 0 Å². The largest absolute Gasteiger partial charge is 0.476 e. The maximum absolute atomic E-state index is 10.7. The molecule has 0 aromatic carbocycles. The Labute approximate surface area is 101 Å². The zero-order valence-corrected chi connectivity index (χ0v) is 10.5. The van der Waals surface area contributed by atoms with Gasteiger partial charge in [-0.25, -0.2) is 4.79 Å². The predicted molar refractivity (Wildman–Crippen MR) is 64.5 cm³/mol. The van der Waals surface area contributed by atoms with Crippen molar-refractivity contribution >= 4 is 12.0 Å². The molecule has 0 saturated heterocycles. The van der Waals surface area contributed by atoms with Crippen molar-refractivity contribution in [2.75, 3.05) is 38.6 Å². The number of hydrogen-bond acceptors (Lipinski definition) is 5. The Morgan fingerprint density at radius 3 is 2.59 bits per heavy atom. The van der Waals surface area contributed by atoms with E-state index in [9.17, 15) is 4.79 Å². The van der Waals surface area contributed by atoms with Gasteiger partial charge in [0, 0.05) is 19.6 Å². The van der Waals surface area contributed by atoms with Crippen LogP contribution >= 0.6 is 0 Å². The van der Waals surface area contributed by atoms with E-state index in [1.807, 2.05) is 19.0 Å². The molecule has 17 heavy (non-hydrogen) atoms. The average molecular weight is 241 g/mol. The number of hydrogen-bond donors (Lipinski definition) is 1. The van der Waals surface area contributed by atoms with Crippen LogP contribution in [-0.2, 0) is 0 Å². The van der Waals surface area contributed by atoms with Crippen molar-refractivity contribution in [3.63, 3.8) is 0 Å². The fraction of sp³-hybridized carbons (Fsp3) is 0.636. The van der Waals surface area contributed by atoms with Crippen LogP contribution in [0.25, 0.3) is 0 Å². The summed E-state index contributed by atoms with van der Waals surface area (Å²) in [4.78, 5) is 18.7. The number of aromatic nitrogens is 1. The van der Waals surface area contributed by atoms with E-state index in [2.05, 4.69) is 16.8 Å². The summed E-state index contributed by atoms with van der Waals surface area (Å²) in [6.07, 6.45) is 2.13. The van der Waals surface area contributed by atoms with Gasteiger partial charge >= 0.3 is 5.97 Å². The smallest absolute Gasteiger partial charge is 0.357 e. The first-order chi connectivity index (χ1) is 8.04. The summed E-state index contributed by atoms with van der Waals surface area (Å²) in [6.45, 7) is 4.49. The third-order valence-electron chi connectivity index (χ3n) is 2.29. The van der Waals surface area contributed by atoms with Gasteiger partial charge in [0.05, 0.1) is 0 Å². The standard InChI is InChI=1S/C11H19N3O3/c1-4-5-14(7-6-13(2)3)11-12-9(8-17-11)10(15)16/h8H,4-7H2,1-3H3,(H,15,16). The van der Waals surface area contributed by atoms with Crippen molar-refractivity contribution in [1.82, 2.24) is 9.88 Å². The van der Waals surface area contributed by atoms with Gasteiger partial charge in [-0.2, -0.15) is 4.98 Å². The molecule has 0 unspecified atom stereocenters. The fourth-order valence-electron chi connectivity index (χ4n) is 1.40. The number of rotatable bonds is 7. The third-order valence-corrected chi connectivity index (χ3v) is 2.29. The van der Waals surface area contributed by atoms with Crippen molar-refractivity contribution in [3.8, 4) is 0 Å². The zero-order valence-electron chi connectivity index (χ0n) is 10.5. The SMILES string of the molecule is CCCN(CCN(C)C)c1nc(C(=O)O)co1. The van der Waals surface area contributed by atoms with Crippen molar-refractivity contribution in [3.05, 3.63) is 12.0 Å². The van der Waals surface area contributed by atoms with E-state index in [-0.39, 0.29) is 5.69 Å². The first kappa shape index (κ1) is 13.5. The Hall–Kier alpha value is -1.56. The number of oxazole rings is 1. The van der Waals surface area contributed by atoms with E-state index >= 15 is 0 Å². The van der Waals surface area contributed by atoms with Crippen LogP contribution in [0.15, 0.2) is 10.7 Å². The molecule has 0 fully saturated rings. The Morgan fingerprint density at radius 2 is 2.12 bits per heavy atom. The van der Waals surface area contributed by atoms with Crippen molar-refractivity contribution in [2.24, 2.45) is 0 Å². The Morgan fingerprint density at radius 1 is 1.41 bits per heavy atom. The van der Waals surface area contributed by atoms with Crippen LogP contribution in [-0.4, -0.2) is 54.7 Å². The maximum atomic E-state index is 10.7. The fourth-order valence-corrected chi connectivity index (χ4v) is 1.40. The van der Waals surface area contributed by atoms with E-state index in [0.29, 0.717) is 6.01 Å². The molecule has 0 spiro atoms. The van der Waals surface area contributed by atoms with Crippen molar-refractivity contribution in [1.29, 1.82) is 0 Å². The van der Waals surface area contributed by atoms with Gasteiger partial charge in [0.1, 0.15) is 6.26 Å². The lowest BCUT2D eigenvalue weighted by Gasteiger charge is -2.21. The van der Waals surface area contributed by atoms with Crippen LogP contribution in [0.3, 0.4) is 0 Å². The Kier molecular flexibility index (Phi) is 4.96. The normalized spacial score (nSPS) is 10.8. The van der Waals surface area contributed by atoms with E-state index in [1.54, 1.807) is 0 Å². The molecule has 0 bridgehead atoms. The second-order valence-electron chi connectivity index (χ2n) is 4.11. The van der Waals surface area contributed by atoms with Gasteiger partial charge in [-0.15, -0.1) is 0 Å². The first-order valence-corrected chi connectivity index (χ1v) is 5.63. The van der Waals surface area contributed by atoms with Gasteiger partial charge in [-0.1, -0.05) is 6.92 Å².